The second-order valence-electron chi connectivity index (χ2n) is 9.34. The molecule has 178 valence electrons. The molecule has 2 aromatic carbocycles. The summed E-state index contributed by atoms with van der Waals surface area (Å²) in [5.74, 6) is 0.00318. The van der Waals surface area contributed by atoms with Crippen molar-refractivity contribution in [2.45, 2.75) is 39.0 Å². The van der Waals surface area contributed by atoms with Crippen LogP contribution in [0, 0.1) is 19.7 Å². The van der Waals surface area contributed by atoms with Gasteiger partial charge in [-0.2, -0.15) is 5.10 Å². The molecule has 0 spiro atoms. The minimum absolute atomic E-state index is 0.0422. The van der Waals surface area contributed by atoms with Crippen LogP contribution in [-0.4, -0.2) is 38.7 Å². The Labute approximate surface area is 205 Å². The van der Waals surface area contributed by atoms with Crippen molar-refractivity contribution < 1.29 is 9.18 Å². The summed E-state index contributed by atoms with van der Waals surface area (Å²) >= 11 is 0. The molecular formula is C29H29FN4O. The summed E-state index contributed by atoms with van der Waals surface area (Å²) < 4.78 is 15.1. The number of likely N-dealkylation sites (tertiary alicyclic amines) is 1. The van der Waals surface area contributed by atoms with Crippen LogP contribution in [0.25, 0.3) is 5.69 Å². The zero-order chi connectivity index (χ0) is 24.4. The van der Waals surface area contributed by atoms with Gasteiger partial charge in [0.25, 0.3) is 5.91 Å². The number of aryl methyl sites for hydroxylation is 2. The van der Waals surface area contributed by atoms with E-state index in [1.54, 1.807) is 12.1 Å². The fourth-order valence-corrected chi connectivity index (χ4v) is 4.88. The van der Waals surface area contributed by atoms with Crippen LogP contribution in [0.4, 0.5) is 4.39 Å². The van der Waals surface area contributed by atoms with Crippen molar-refractivity contribution in [3.05, 3.63) is 113 Å². The molecule has 1 amide bonds. The van der Waals surface area contributed by atoms with Crippen molar-refractivity contribution in [1.29, 1.82) is 0 Å². The Morgan fingerprint density at radius 1 is 1.03 bits per heavy atom. The monoisotopic (exact) mass is 468 g/mol. The van der Waals surface area contributed by atoms with Gasteiger partial charge >= 0.3 is 0 Å². The molecule has 1 aliphatic heterocycles. The Bertz CT molecular complexity index is 1350. The first-order valence-electron chi connectivity index (χ1n) is 12.1. The fraction of sp³-hybridized carbons (Fsp3) is 0.276. The van der Waals surface area contributed by atoms with Crippen LogP contribution in [-0.2, 0) is 6.42 Å². The van der Waals surface area contributed by atoms with Crippen LogP contribution in [0.3, 0.4) is 0 Å². The second-order valence-corrected chi connectivity index (χ2v) is 9.34. The molecule has 5 rings (SSSR count). The van der Waals surface area contributed by atoms with E-state index in [9.17, 15) is 9.18 Å². The zero-order valence-corrected chi connectivity index (χ0v) is 20.1. The normalized spacial score (nSPS) is 15.9. The van der Waals surface area contributed by atoms with Gasteiger partial charge in [0.05, 0.1) is 11.4 Å². The first-order chi connectivity index (χ1) is 17.0. The predicted octanol–water partition coefficient (Wildman–Crippen LogP) is 5.63. The van der Waals surface area contributed by atoms with Gasteiger partial charge < -0.3 is 4.90 Å². The number of piperidine rings is 1. The molecule has 3 heterocycles. The van der Waals surface area contributed by atoms with E-state index >= 15 is 0 Å². The summed E-state index contributed by atoms with van der Waals surface area (Å²) in [6, 6.07) is 22.4. The van der Waals surface area contributed by atoms with Crippen LogP contribution < -0.4 is 0 Å². The number of halogens is 1. The lowest BCUT2D eigenvalue weighted by Crippen LogP contribution is -2.39. The number of hydrogen-bond donors (Lipinski definition) is 0. The largest absolute Gasteiger partial charge is 0.338 e. The van der Waals surface area contributed by atoms with E-state index in [1.807, 2.05) is 65.9 Å². The molecule has 0 aliphatic carbocycles. The second kappa shape index (κ2) is 9.82. The number of carbonyl (C=O) groups excluding carboxylic acids is 1. The third-order valence-corrected chi connectivity index (χ3v) is 6.60. The number of hydrogen-bond acceptors (Lipinski definition) is 3. The van der Waals surface area contributed by atoms with Crippen LogP contribution in [0.2, 0.25) is 0 Å². The van der Waals surface area contributed by atoms with Gasteiger partial charge in [-0.05, 0) is 80.8 Å². The Balaban J connectivity index is 1.31. The molecule has 1 fully saturated rings. The van der Waals surface area contributed by atoms with E-state index in [-0.39, 0.29) is 17.6 Å². The topological polar surface area (TPSA) is 51.0 Å². The summed E-state index contributed by atoms with van der Waals surface area (Å²) in [6.45, 7) is 5.38. The molecule has 1 aliphatic rings. The van der Waals surface area contributed by atoms with Crippen LogP contribution in [0.1, 0.15) is 57.5 Å². The average Bonchev–Trinajstić information content (AvgIpc) is 3.23. The number of nitrogens with zero attached hydrogens (tertiary/aromatic N) is 4. The van der Waals surface area contributed by atoms with Gasteiger partial charge in [0.15, 0.2) is 0 Å². The smallest absolute Gasteiger partial charge is 0.253 e. The average molecular weight is 469 g/mol. The van der Waals surface area contributed by atoms with Crippen LogP contribution in [0.15, 0.2) is 72.8 Å². The van der Waals surface area contributed by atoms with Gasteiger partial charge in [0, 0.05) is 48.1 Å². The van der Waals surface area contributed by atoms with E-state index < -0.39 is 0 Å². The molecule has 6 heteroatoms. The molecule has 2 aromatic heterocycles. The van der Waals surface area contributed by atoms with Crippen LogP contribution >= 0.6 is 0 Å². The maximum absolute atomic E-state index is 13.4. The van der Waals surface area contributed by atoms with Gasteiger partial charge in [-0.1, -0.05) is 24.3 Å². The molecule has 0 N–H and O–H groups in total. The van der Waals surface area contributed by atoms with Gasteiger partial charge in [0.2, 0.25) is 0 Å². The minimum Gasteiger partial charge on any atom is -0.338 e. The summed E-state index contributed by atoms with van der Waals surface area (Å²) in [5.41, 5.74) is 6.55. The first kappa shape index (κ1) is 23.0. The van der Waals surface area contributed by atoms with Gasteiger partial charge in [-0.15, -0.1) is 0 Å². The molecule has 1 unspecified atom stereocenters. The molecule has 4 aromatic rings. The SMILES string of the molecule is Cc1cc(C)n(-c2cccc(C(=O)N3CCCC(c4cccc(Cc5ccc(F)cc5)n4)C3)c2)n1. The molecular weight excluding hydrogens is 439 g/mol. The van der Waals surface area contributed by atoms with Crippen molar-refractivity contribution in [3.8, 4) is 5.69 Å². The lowest BCUT2D eigenvalue weighted by molar-refractivity contribution is 0.0706. The summed E-state index contributed by atoms with van der Waals surface area (Å²) in [7, 11) is 0. The molecule has 5 nitrogen and oxygen atoms in total. The lowest BCUT2D eigenvalue weighted by Gasteiger charge is -2.33. The van der Waals surface area contributed by atoms with Crippen molar-refractivity contribution in [2.24, 2.45) is 0 Å². The van der Waals surface area contributed by atoms with E-state index in [0.717, 1.165) is 53.4 Å². The first-order valence-corrected chi connectivity index (χ1v) is 12.1. The van der Waals surface area contributed by atoms with E-state index in [0.29, 0.717) is 18.5 Å². The van der Waals surface area contributed by atoms with Gasteiger partial charge in [-0.25, -0.2) is 9.07 Å². The predicted molar refractivity (Wildman–Crippen MR) is 134 cm³/mol. The summed E-state index contributed by atoms with van der Waals surface area (Å²) in [6.07, 6.45) is 2.60. The van der Waals surface area contributed by atoms with Crippen molar-refractivity contribution in [1.82, 2.24) is 19.7 Å². The van der Waals surface area contributed by atoms with Crippen molar-refractivity contribution >= 4 is 5.91 Å². The van der Waals surface area contributed by atoms with Crippen molar-refractivity contribution in [2.75, 3.05) is 13.1 Å². The standard InChI is InChI=1S/C29H29FN4O/c1-20-16-21(2)34(32-20)27-9-3-6-23(18-27)29(35)33-15-5-7-24(19-33)28-10-4-8-26(31-28)17-22-11-13-25(30)14-12-22/h3-4,6,8-14,16,18,24H,5,7,15,17,19H2,1-2H3. The molecule has 1 atom stereocenters. The highest BCUT2D eigenvalue weighted by Crippen LogP contribution is 2.27. The highest BCUT2D eigenvalue weighted by atomic mass is 19.1. The molecule has 0 bridgehead atoms. The number of benzene rings is 2. The van der Waals surface area contributed by atoms with E-state index in [1.165, 1.54) is 12.1 Å². The third-order valence-electron chi connectivity index (χ3n) is 6.60. The quantitative estimate of drug-likeness (QED) is 0.381. The molecule has 0 saturated carbocycles. The molecule has 35 heavy (non-hydrogen) atoms. The zero-order valence-electron chi connectivity index (χ0n) is 20.1. The Kier molecular flexibility index (Phi) is 6.45. The molecule has 0 radical (unpaired) electrons. The Morgan fingerprint density at radius 2 is 1.83 bits per heavy atom. The maximum atomic E-state index is 13.4. The Hall–Kier alpha value is -3.80. The van der Waals surface area contributed by atoms with E-state index in [4.69, 9.17) is 4.98 Å². The summed E-state index contributed by atoms with van der Waals surface area (Å²) in [5, 5.41) is 4.55. The van der Waals surface area contributed by atoms with Crippen LogP contribution in [0.5, 0.6) is 0 Å². The summed E-state index contributed by atoms with van der Waals surface area (Å²) in [4.78, 5) is 20.3. The lowest BCUT2D eigenvalue weighted by atomic mass is 9.93. The number of rotatable bonds is 5. The third kappa shape index (κ3) is 5.16. The highest BCUT2D eigenvalue weighted by molar-refractivity contribution is 5.94. The number of amides is 1. The molecule has 1 saturated heterocycles. The van der Waals surface area contributed by atoms with E-state index in [2.05, 4.69) is 11.2 Å². The highest BCUT2D eigenvalue weighted by Gasteiger charge is 2.26. The minimum atomic E-state index is -0.233. The van der Waals surface area contributed by atoms with Gasteiger partial charge in [0.1, 0.15) is 5.82 Å². The van der Waals surface area contributed by atoms with Crippen molar-refractivity contribution in [3.63, 3.8) is 0 Å². The number of aromatic nitrogens is 3. The number of pyridine rings is 1. The fourth-order valence-electron chi connectivity index (χ4n) is 4.88. The maximum Gasteiger partial charge on any atom is 0.253 e. The van der Waals surface area contributed by atoms with Gasteiger partial charge in [-0.3, -0.25) is 9.78 Å². The number of carbonyl (C=O) groups is 1. The Morgan fingerprint density at radius 3 is 2.60 bits per heavy atom.